The van der Waals surface area contributed by atoms with E-state index in [1.807, 2.05) is 31.2 Å². The van der Waals surface area contributed by atoms with E-state index in [-0.39, 0.29) is 5.91 Å². The van der Waals surface area contributed by atoms with Crippen molar-refractivity contribution < 1.29 is 4.79 Å². The molecule has 0 saturated carbocycles. The van der Waals surface area contributed by atoms with Crippen LogP contribution < -0.4 is 10.6 Å². The molecule has 16 heavy (non-hydrogen) atoms. The molecule has 86 valence electrons. The van der Waals surface area contributed by atoms with Crippen molar-refractivity contribution >= 4 is 5.91 Å². The smallest absolute Gasteiger partial charge is 0.224 e. The molecule has 0 aliphatic carbocycles. The Bertz CT molecular complexity index is 353. The lowest BCUT2D eigenvalue weighted by atomic mass is 10.1. The van der Waals surface area contributed by atoms with Crippen LogP contribution in [0, 0.1) is 6.92 Å². The van der Waals surface area contributed by atoms with Crippen molar-refractivity contribution in [3.63, 3.8) is 0 Å². The van der Waals surface area contributed by atoms with E-state index in [0.717, 1.165) is 25.1 Å². The Kier molecular flexibility index (Phi) is 3.57. The van der Waals surface area contributed by atoms with E-state index in [1.54, 1.807) is 0 Å². The van der Waals surface area contributed by atoms with Crippen molar-refractivity contribution in [3.8, 4) is 0 Å². The molecule has 1 aromatic carbocycles. The van der Waals surface area contributed by atoms with Crippen LogP contribution in [0.25, 0.3) is 0 Å². The molecule has 1 amide bonds. The largest absolute Gasteiger partial charge is 0.352 e. The van der Waals surface area contributed by atoms with E-state index in [1.165, 1.54) is 5.56 Å². The maximum absolute atomic E-state index is 11.7. The van der Waals surface area contributed by atoms with Gasteiger partial charge in [0.05, 0.1) is 6.42 Å². The Labute approximate surface area is 96.2 Å². The van der Waals surface area contributed by atoms with Gasteiger partial charge in [-0.15, -0.1) is 0 Å². The van der Waals surface area contributed by atoms with Crippen LogP contribution in [0.2, 0.25) is 0 Å². The van der Waals surface area contributed by atoms with Crippen LogP contribution in [0.15, 0.2) is 24.3 Å². The standard InChI is InChI=1S/C13H18N2O/c1-10-2-4-11(5-3-10)8-13(16)15-12-6-7-14-9-12/h2-5,12,14H,6-9H2,1H3,(H,15,16). The molecule has 3 heteroatoms. The lowest BCUT2D eigenvalue weighted by Crippen LogP contribution is -2.37. The first-order valence-corrected chi connectivity index (χ1v) is 5.79. The average Bonchev–Trinajstić information content (AvgIpc) is 2.74. The molecule has 1 aliphatic heterocycles. The summed E-state index contributed by atoms with van der Waals surface area (Å²) < 4.78 is 0. The third-order valence-corrected chi connectivity index (χ3v) is 2.91. The molecule has 1 saturated heterocycles. The Balaban J connectivity index is 1.84. The molecule has 1 unspecified atom stereocenters. The number of hydrogen-bond acceptors (Lipinski definition) is 2. The monoisotopic (exact) mass is 218 g/mol. The summed E-state index contributed by atoms with van der Waals surface area (Å²) in [5, 5.41) is 6.27. The molecular weight excluding hydrogens is 200 g/mol. The molecule has 1 fully saturated rings. The van der Waals surface area contributed by atoms with Crippen LogP contribution in [0.4, 0.5) is 0 Å². The average molecular weight is 218 g/mol. The number of aryl methyl sites for hydroxylation is 1. The highest BCUT2D eigenvalue weighted by Gasteiger charge is 2.16. The Hall–Kier alpha value is -1.35. The molecule has 1 aliphatic rings. The second kappa shape index (κ2) is 5.12. The third-order valence-electron chi connectivity index (χ3n) is 2.91. The van der Waals surface area contributed by atoms with Crippen LogP contribution in [-0.4, -0.2) is 25.0 Å². The van der Waals surface area contributed by atoms with Crippen LogP contribution >= 0.6 is 0 Å². The molecule has 1 heterocycles. The van der Waals surface area contributed by atoms with Crippen molar-refractivity contribution in [1.82, 2.24) is 10.6 Å². The number of benzene rings is 1. The van der Waals surface area contributed by atoms with Crippen LogP contribution in [-0.2, 0) is 11.2 Å². The van der Waals surface area contributed by atoms with Crippen molar-refractivity contribution in [1.29, 1.82) is 0 Å². The van der Waals surface area contributed by atoms with Crippen molar-refractivity contribution in [2.45, 2.75) is 25.8 Å². The van der Waals surface area contributed by atoms with E-state index in [0.29, 0.717) is 12.5 Å². The summed E-state index contributed by atoms with van der Waals surface area (Å²) in [6, 6.07) is 8.43. The van der Waals surface area contributed by atoms with Gasteiger partial charge in [0.15, 0.2) is 0 Å². The van der Waals surface area contributed by atoms with Gasteiger partial charge in [-0.05, 0) is 25.5 Å². The Morgan fingerprint density at radius 1 is 1.44 bits per heavy atom. The lowest BCUT2D eigenvalue weighted by molar-refractivity contribution is -0.121. The summed E-state index contributed by atoms with van der Waals surface area (Å²) in [6.07, 6.45) is 1.52. The highest BCUT2D eigenvalue weighted by atomic mass is 16.1. The summed E-state index contributed by atoms with van der Waals surface area (Å²) in [5.74, 6) is 0.123. The van der Waals surface area contributed by atoms with Gasteiger partial charge in [-0.2, -0.15) is 0 Å². The summed E-state index contributed by atoms with van der Waals surface area (Å²) in [7, 11) is 0. The number of amides is 1. The minimum atomic E-state index is 0.123. The normalized spacial score (nSPS) is 19.7. The number of carbonyl (C=O) groups is 1. The lowest BCUT2D eigenvalue weighted by Gasteiger charge is -2.11. The SMILES string of the molecule is Cc1ccc(CC(=O)NC2CCNC2)cc1. The fraction of sp³-hybridized carbons (Fsp3) is 0.462. The molecule has 0 spiro atoms. The molecule has 0 bridgehead atoms. The van der Waals surface area contributed by atoms with Crippen molar-refractivity contribution in [3.05, 3.63) is 35.4 Å². The Morgan fingerprint density at radius 2 is 2.19 bits per heavy atom. The second-order valence-electron chi connectivity index (χ2n) is 4.42. The van der Waals surface area contributed by atoms with E-state index in [9.17, 15) is 4.79 Å². The molecule has 1 atom stereocenters. The van der Waals surface area contributed by atoms with Crippen LogP contribution in [0.5, 0.6) is 0 Å². The minimum Gasteiger partial charge on any atom is -0.352 e. The molecule has 2 rings (SSSR count). The predicted octanol–water partition coefficient (Wildman–Crippen LogP) is 1.02. The Morgan fingerprint density at radius 3 is 2.81 bits per heavy atom. The quantitative estimate of drug-likeness (QED) is 0.795. The zero-order valence-electron chi connectivity index (χ0n) is 9.62. The fourth-order valence-corrected chi connectivity index (χ4v) is 1.95. The number of nitrogens with one attached hydrogen (secondary N) is 2. The van der Waals surface area contributed by atoms with Crippen LogP contribution in [0.1, 0.15) is 17.5 Å². The highest BCUT2D eigenvalue weighted by Crippen LogP contribution is 2.04. The van der Waals surface area contributed by atoms with Gasteiger partial charge in [-0.1, -0.05) is 29.8 Å². The van der Waals surface area contributed by atoms with Gasteiger partial charge in [0.25, 0.3) is 0 Å². The fourth-order valence-electron chi connectivity index (χ4n) is 1.95. The van der Waals surface area contributed by atoms with E-state index >= 15 is 0 Å². The maximum atomic E-state index is 11.7. The topological polar surface area (TPSA) is 41.1 Å². The zero-order chi connectivity index (χ0) is 11.4. The van der Waals surface area contributed by atoms with Crippen molar-refractivity contribution in [2.75, 3.05) is 13.1 Å². The second-order valence-corrected chi connectivity index (χ2v) is 4.42. The summed E-state index contributed by atoms with van der Waals surface area (Å²) in [5.41, 5.74) is 2.30. The molecule has 0 radical (unpaired) electrons. The maximum Gasteiger partial charge on any atom is 0.224 e. The van der Waals surface area contributed by atoms with E-state index in [4.69, 9.17) is 0 Å². The molecule has 1 aromatic rings. The van der Waals surface area contributed by atoms with Crippen LogP contribution in [0.3, 0.4) is 0 Å². The van der Waals surface area contributed by atoms with E-state index in [2.05, 4.69) is 10.6 Å². The van der Waals surface area contributed by atoms with Gasteiger partial charge in [-0.25, -0.2) is 0 Å². The van der Waals surface area contributed by atoms with Gasteiger partial charge < -0.3 is 10.6 Å². The molecule has 3 nitrogen and oxygen atoms in total. The van der Waals surface area contributed by atoms with Gasteiger partial charge in [0.1, 0.15) is 0 Å². The van der Waals surface area contributed by atoms with Gasteiger partial charge in [0, 0.05) is 12.6 Å². The van der Waals surface area contributed by atoms with Crippen molar-refractivity contribution in [2.24, 2.45) is 0 Å². The van der Waals surface area contributed by atoms with Gasteiger partial charge in [-0.3, -0.25) is 4.79 Å². The number of rotatable bonds is 3. The minimum absolute atomic E-state index is 0.123. The first kappa shape index (κ1) is 11.1. The van der Waals surface area contributed by atoms with Gasteiger partial charge in [0.2, 0.25) is 5.91 Å². The summed E-state index contributed by atoms with van der Waals surface area (Å²) in [6.45, 7) is 3.96. The molecular formula is C13H18N2O. The van der Waals surface area contributed by atoms with Gasteiger partial charge >= 0.3 is 0 Å². The summed E-state index contributed by atoms with van der Waals surface area (Å²) in [4.78, 5) is 11.7. The summed E-state index contributed by atoms with van der Waals surface area (Å²) >= 11 is 0. The zero-order valence-corrected chi connectivity index (χ0v) is 9.62. The third kappa shape index (κ3) is 3.07. The number of hydrogen-bond donors (Lipinski definition) is 2. The molecule has 0 aromatic heterocycles. The highest BCUT2D eigenvalue weighted by molar-refractivity contribution is 5.78. The van der Waals surface area contributed by atoms with E-state index < -0.39 is 0 Å². The first-order valence-electron chi connectivity index (χ1n) is 5.79. The first-order chi connectivity index (χ1) is 7.74. The molecule has 2 N–H and O–H groups in total. The number of carbonyl (C=O) groups excluding carboxylic acids is 1. The predicted molar refractivity (Wildman–Crippen MR) is 64.3 cm³/mol.